The molecule has 1 aliphatic heterocycles. The minimum atomic E-state index is -0.970. The minimum Gasteiger partial charge on any atom is -0.411 e. The predicted molar refractivity (Wildman–Crippen MR) is 122 cm³/mol. The molecule has 0 saturated heterocycles. The Labute approximate surface area is 187 Å². The van der Waals surface area contributed by atoms with Crippen LogP contribution in [0.15, 0.2) is 42.2 Å². The van der Waals surface area contributed by atoms with E-state index in [2.05, 4.69) is 5.32 Å². The van der Waals surface area contributed by atoms with Gasteiger partial charge in [0.2, 0.25) is 0 Å². The Morgan fingerprint density at radius 2 is 1.77 bits per heavy atom. The third-order valence-electron chi connectivity index (χ3n) is 5.41. The van der Waals surface area contributed by atoms with Crippen LogP contribution in [0.2, 0.25) is 5.02 Å². The maximum absolute atomic E-state index is 13.2. The lowest BCUT2D eigenvalue weighted by Gasteiger charge is -2.27. The number of carbonyl (C=O) groups excluding carboxylic acids is 2. The molecule has 0 bridgehead atoms. The summed E-state index contributed by atoms with van der Waals surface area (Å²) in [6.45, 7) is 5.84. The van der Waals surface area contributed by atoms with E-state index in [4.69, 9.17) is 21.1 Å². The second kappa shape index (κ2) is 8.73. The van der Waals surface area contributed by atoms with E-state index in [0.717, 1.165) is 27.8 Å². The molecule has 7 heteroatoms. The highest BCUT2D eigenvalue weighted by Crippen LogP contribution is 2.40. The average Bonchev–Trinajstić information content (AvgIpc) is 2.93. The van der Waals surface area contributed by atoms with Crippen LogP contribution in [0.25, 0.3) is 16.7 Å². The molecule has 0 saturated carbocycles. The van der Waals surface area contributed by atoms with Gasteiger partial charge < -0.3 is 19.7 Å². The molecule has 1 aliphatic rings. The Kier molecular flexibility index (Phi) is 6.43. The molecule has 31 heavy (non-hydrogen) atoms. The zero-order chi connectivity index (χ0) is 22.9. The van der Waals surface area contributed by atoms with Gasteiger partial charge in [-0.15, -0.1) is 0 Å². The Morgan fingerprint density at radius 3 is 2.35 bits per heavy atom. The van der Waals surface area contributed by atoms with Crippen molar-refractivity contribution in [3.8, 4) is 11.1 Å². The molecule has 2 aromatic rings. The highest BCUT2D eigenvalue weighted by Gasteiger charge is 2.46. The largest absolute Gasteiger partial charge is 0.414 e. The standard InChI is InChI=1S/C24H27ClN2O4/c1-14-7-12-18(16-8-10-17(25)11-9-16)15(2)19(14)20-21(31-23(29)27(4)5)24(3,13-30-6)26-22(20)28/h7-12H,13H2,1-6H3,(H,26,28). The summed E-state index contributed by atoms with van der Waals surface area (Å²) in [5.41, 5.74) is 3.88. The molecule has 0 fully saturated rings. The van der Waals surface area contributed by atoms with E-state index >= 15 is 0 Å². The summed E-state index contributed by atoms with van der Waals surface area (Å²) < 4.78 is 11.1. The van der Waals surface area contributed by atoms with E-state index in [1.807, 2.05) is 50.2 Å². The minimum absolute atomic E-state index is 0.160. The number of amides is 2. The average molecular weight is 443 g/mol. The van der Waals surface area contributed by atoms with Crippen LogP contribution in [-0.4, -0.2) is 50.3 Å². The Morgan fingerprint density at radius 1 is 1.13 bits per heavy atom. The van der Waals surface area contributed by atoms with Gasteiger partial charge in [-0.3, -0.25) is 4.79 Å². The number of hydrogen-bond acceptors (Lipinski definition) is 4. The van der Waals surface area contributed by atoms with Gasteiger partial charge in [-0.1, -0.05) is 35.9 Å². The topological polar surface area (TPSA) is 67.9 Å². The number of benzene rings is 2. The number of halogens is 1. The molecule has 1 N–H and O–H groups in total. The third-order valence-corrected chi connectivity index (χ3v) is 5.66. The van der Waals surface area contributed by atoms with Gasteiger partial charge in [0.15, 0.2) is 5.76 Å². The first-order valence-electron chi connectivity index (χ1n) is 9.91. The number of ether oxygens (including phenoxy) is 2. The van der Waals surface area contributed by atoms with Gasteiger partial charge in [0.25, 0.3) is 5.91 Å². The number of methoxy groups -OCH3 is 1. The van der Waals surface area contributed by atoms with E-state index in [9.17, 15) is 9.59 Å². The molecule has 2 amide bonds. The van der Waals surface area contributed by atoms with E-state index in [1.54, 1.807) is 28.1 Å². The van der Waals surface area contributed by atoms with Crippen molar-refractivity contribution in [3.63, 3.8) is 0 Å². The zero-order valence-electron chi connectivity index (χ0n) is 18.6. The Balaban J connectivity index is 2.25. The van der Waals surface area contributed by atoms with Crippen molar-refractivity contribution in [1.29, 1.82) is 0 Å². The first kappa shape index (κ1) is 22.8. The van der Waals surface area contributed by atoms with Crippen LogP contribution < -0.4 is 5.32 Å². The monoisotopic (exact) mass is 442 g/mol. The SMILES string of the molecule is COCC1(C)NC(=O)C(c2c(C)ccc(-c3ccc(Cl)cc3)c2C)=C1OC(=O)N(C)C. The molecule has 1 heterocycles. The van der Waals surface area contributed by atoms with Crippen molar-refractivity contribution in [1.82, 2.24) is 10.2 Å². The number of hydrogen-bond donors (Lipinski definition) is 1. The van der Waals surface area contributed by atoms with E-state index in [0.29, 0.717) is 10.6 Å². The van der Waals surface area contributed by atoms with Gasteiger partial charge in [-0.2, -0.15) is 0 Å². The van der Waals surface area contributed by atoms with Crippen LogP contribution in [0.3, 0.4) is 0 Å². The molecule has 1 unspecified atom stereocenters. The first-order valence-corrected chi connectivity index (χ1v) is 10.3. The van der Waals surface area contributed by atoms with Crippen molar-refractivity contribution < 1.29 is 19.1 Å². The number of carbonyl (C=O) groups is 2. The molecule has 0 spiro atoms. The number of rotatable bonds is 5. The summed E-state index contributed by atoms with van der Waals surface area (Å²) in [5, 5.41) is 3.60. The molecule has 2 aromatic carbocycles. The normalized spacial score (nSPS) is 18.2. The molecule has 164 valence electrons. The van der Waals surface area contributed by atoms with E-state index in [-0.39, 0.29) is 18.3 Å². The van der Waals surface area contributed by atoms with Crippen LogP contribution in [0.4, 0.5) is 4.79 Å². The molecular formula is C24H27ClN2O4. The van der Waals surface area contributed by atoms with Crippen molar-refractivity contribution in [2.24, 2.45) is 0 Å². The lowest BCUT2D eigenvalue weighted by molar-refractivity contribution is -0.116. The highest BCUT2D eigenvalue weighted by atomic mass is 35.5. The van der Waals surface area contributed by atoms with Crippen LogP contribution in [-0.2, 0) is 14.3 Å². The number of aryl methyl sites for hydroxylation is 1. The molecule has 1 atom stereocenters. The second-order valence-corrected chi connectivity index (χ2v) is 8.56. The Hall–Kier alpha value is -2.83. The molecular weight excluding hydrogens is 416 g/mol. The summed E-state index contributed by atoms with van der Waals surface area (Å²) in [4.78, 5) is 26.9. The first-order chi connectivity index (χ1) is 14.6. The molecule has 0 aliphatic carbocycles. The molecule has 6 nitrogen and oxygen atoms in total. The summed E-state index contributed by atoms with van der Waals surface area (Å²) >= 11 is 6.05. The van der Waals surface area contributed by atoms with Crippen LogP contribution in [0.5, 0.6) is 0 Å². The van der Waals surface area contributed by atoms with E-state index < -0.39 is 11.6 Å². The molecule has 3 rings (SSSR count). The fourth-order valence-corrected chi connectivity index (χ4v) is 4.01. The van der Waals surface area contributed by atoms with Gasteiger partial charge in [-0.25, -0.2) is 4.79 Å². The quantitative estimate of drug-likeness (QED) is 0.736. The van der Waals surface area contributed by atoms with Crippen LogP contribution in [0, 0.1) is 13.8 Å². The highest BCUT2D eigenvalue weighted by molar-refractivity contribution is 6.30. The van der Waals surface area contributed by atoms with Gasteiger partial charge in [0, 0.05) is 26.2 Å². The summed E-state index contributed by atoms with van der Waals surface area (Å²) in [6.07, 6.45) is -0.560. The fourth-order valence-electron chi connectivity index (χ4n) is 3.88. The predicted octanol–water partition coefficient (Wildman–Crippen LogP) is 4.57. The number of nitrogens with one attached hydrogen (secondary N) is 1. The number of nitrogens with zero attached hydrogens (tertiary/aromatic N) is 1. The maximum atomic E-state index is 13.2. The molecule has 0 radical (unpaired) electrons. The summed E-state index contributed by atoms with van der Waals surface area (Å²) in [7, 11) is 4.73. The summed E-state index contributed by atoms with van der Waals surface area (Å²) in [5.74, 6) is -0.0435. The van der Waals surface area contributed by atoms with Crippen molar-refractivity contribution in [2.75, 3.05) is 27.8 Å². The lowest BCUT2D eigenvalue weighted by Crippen LogP contribution is -2.46. The maximum Gasteiger partial charge on any atom is 0.414 e. The smallest absolute Gasteiger partial charge is 0.411 e. The van der Waals surface area contributed by atoms with Gasteiger partial charge >= 0.3 is 6.09 Å². The fraction of sp³-hybridized carbons (Fsp3) is 0.333. The van der Waals surface area contributed by atoms with E-state index in [1.165, 1.54) is 4.90 Å². The van der Waals surface area contributed by atoms with Crippen molar-refractivity contribution in [2.45, 2.75) is 26.3 Å². The lowest BCUT2D eigenvalue weighted by atomic mass is 9.88. The van der Waals surface area contributed by atoms with Gasteiger partial charge in [-0.05, 0) is 60.7 Å². The zero-order valence-corrected chi connectivity index (χ0v) is 19.4. The van der Waals surface area contributed by atoms with Crippen LogP contribution >= 0.6 is 11.6 Å². The molecule has 0 aromatic heterocycles. The van der Waals surface area contributed by atoms with Crippen molar-refractivity contribution >= 4 is 29.2 Å². The van der Waals surface area contributed by atoms with Gasteiger partial charge in [0.1, 0.15) is 5.54 Å². The van der Waals surface area contributed by atoms with Gasteiger partial charge in [0.05, 0.1) is 12.2 Å². The summed E-state index contributed by atoms with van der Waals surface area (Å²) in [6, 6.07) is 11.5. The Bertz CT molecular complexity index is 1060. The van der Waals surface area contributed by atoms with Crippen LogP contribution in [0.1, 0.15) is 23.6 Å². The van der Waals surface area contributed by atoms with Crippen molar-refractivity contribution in [3.05, 3.63) is 63.9 Å². The third kappa shape index (κ3) is 4.31. The second-order valence-electron chi connectivity index (χ2n) is 8.12.